The normalized spacial score (nSPS) is 23.4. The van der Waals surface area contributed by atoms with Gasteiger partial charge in [-0.1, -0.05) is 0 Å². The molecule has 0 aliphatic heterocycles. The van der Waals surface area contributed by atoms with Crippen LogP contribution in [0.3, 0.4) is 0 Å². The van der Waals surface area contributed by atoms with Crippen molar-refractivity contribution in [3.63, 3.8) is 0 Å². The number of ether oxygens (including phenoxy) is 1. The first-order chi connectivity index (χ1) is 5.84. The maximum atomic E-state index is 11.2. The molecule has 12 heavy (non-hydrogen) atoms. The first kappa shape index (κ1) is 9.72. The molecule has 1 aliphatic carbocycles. The molecule has 0 heterocycles. The van der Waals surface area contributed by atoms with E-state index in [1.54, 1.807) is 0 Å². The highest BCUT2D eigenvalue weighted by molar-refractivity contribution is 5.82. The van der Waals surface area contributed by atoms with E-state index in [1.807, 2.05) is 6.92 Å². The lowest BCUT2D eigenvalue weighted by molar-refractivity contribution is -0.120. The van der Waals surface area contributed by atoms with Gasteiger partial charge in [-0.15, -0.1) is 0 Å². The summed E-state index contributed by atoms with van der Waals surface area (Å²) in [6.45, 7) is 3.61. The van der Waals surface area contributed by atoms with Gasteiger partial charge < -0.3 is 4.74 Å². The van der Waals surface area contributed by atoms with Gasteiger partial charge in [0.2, 0.25) is 0 Å². The van der Waals surface area contributed by atoms with E-state index < -0.39 is 0 Å². The summed E-state index contributed by atoms with van der Waals surface area (Å²) in [5.74, 6) is 0.844. The summed E-state index contributed by atoms with van der Waals surface area (Å²) in [6.07, 6.45) is 5.13. The van der Waals surface area contributed by atoms with Crippen molar-refractivity contribution in [3.05, 3.63) is 0 Å². The Morgan fingerprint density at radius 1 is 1.58 bits per heavy atom. The Labute approximate surface area is 74.3 Å². The minimum Gasteiger partial charge on any atom is -0.382 e. The molecular formula is C10H18O2. The van der Waals surface area contributed by atoms with Crippen molar-refractivity contribution in [3.8, 4) is 0 Å². The van der Waals surface area contributed by atoms with Gasteiger partial charge in [-0.25, -0.2) is 0 Å². The van der Waals surface area contributed by atoms with Gasteiger partial charge in [-0.3, -0.25) is 4.79 Å². The number of Topliss-reactive ketones (excluding diaryl/α,β-unsaturated/α-hetero) is 1. The maximum absolute atomic E-state index is 11.2. The molecule has 0 spiro atoms. The molecule has 0 radical (unpaired) electrons. The van der Waals surface area contributed by atoms with E-state index in [0.717, 1.165) is 45.3 Å². The lowest BCUT2D eigenvalue weighted by atomic mass is 10.0. The van der Waals surface area contributed by atoms with Crippen LogP contribution in [0.2, 0.25) is 0 Å². The van der Waals surface area contributed by atoms with Gasteiger partial charge in [0.05, 0.1) is 0 Å². The summed E-state index contributed by atoms with van der Waals surface area (Å²) in [6, 6.07) is 0. The van der Waals surface area contributed by atoms with Crippen LogP contribution in [0.5, 0.6) is 0 Å². The van der Waals surface area contributed by atoms with Crippen LogP contribution >= 0.6 is 0 Å². The van der Waals surface area contributed by atoms with Gasteiger partial charge in [0.25, 0.3) is 0 Å². The minimum atomic E-state index is 0.366. The van der Waals surface area contributed by atoms with E-state index in [9.17, 15) is 4.79 Å². The van der Waals surface area contributed by atoms with Gasteiger partial charge in [0.1, 0.15) is 5.78 Å². The predicted octanol–water partition coefficient (Wildman–Crippen LogP) is 2.17. The molecule has 1 rings (SSSR count). The van der Waals surface area contributed by atoms with Crippen LogP contribution < -0.4 is 0 Å². The Morgan fingerprint density at radius 2 is 2.42 bits per heavy atom. The van der Waals surface area contributed by atoms with Gasteiger partial charge >= 0.3 is 0 Å². The van der Waals surface area contributed by atoms with E-state index in [2.05, 4.69) is 0 Å². The highest BCUT2D eigenvalue weighted by Crippen LogP contribution is 2.25. The zero-order chi connectivity index (χ0) is 8.81. The van der Waals surface area contributed by atoms with Crippen molar-refractivity contribution in [2.24, 2.45) is 5.92 Å². The summed E-state index contributed by atoms with van der Waals surface area (Å²) in [7, 11) is 0. The van der Waals surface area contributed by atoms with Crippen LogP contribution in [0.1, 0.15) is 39.0 Å². The van der Waals surface area contributed by atoms with Gasteiger partial charge in [-0.2, -0.15) is 0 Å². The standard InChI is InChI=1S/C10H18O2/c1-2-12-8-4-6-9-5-3-7-10(9)11/h9H,2-8H2,1H3. The third-order valence-corrected chi connectivity index (χ3v) is 2.48. The smallest absolute Gasteiger partial charge is 0.135 e. The fourth-order valence-corrected chi connectivity index (χ4v) is 1.77. The molecular weight excluding hydrogens is 152 g/mol. The number of carbonyl (C=O) groups excluding carboxylic acids is 1. The molecule has 0 aromatic heterocycles. The molecule has 2 nitrogen and oxygen atoms in total. The SMILES string of the molecule is CCOCCCC1CCCC1=O. The number of carbonyl (C=O) groups is 1. The maximum Gasteiger partial charge on any atom is 0.135 e. The summed E-state index contributed by atoms with van der Waals surface area (Å²) >= 11 is 0. The topological polar surface area (TPSA) is 26.3 Å². The van der Waals surface area contributed by atoms with Crippen molar-refractivity contribution in [1.29, 1.82) is 0 Å². The molecule has 0 N–H and O–H groups in total. The molecule has 1 fully saturated rings. The Kier molecular flexibility index (Phi) is 4.30. The summed E-state index contributed by atoms with van der Waals surface area (Å²) < 4.78 is 5.22. The lowest BCUT2D eigenvalue weighted by Gasteiger charge is -2.06. The third kappa shape index (κ3) is 2.94. The molecule has 0 aromatic carbocycles. The average molecular weight is 170 g/mol. The number of rotatable bonds is 5. The van der Waals surface area contributed by atoms with Crippen LogP contribution in [-0.2, 0) is 9.53 Å². The number of hydrogen-bond donors (Lipinski definition) is 0. The van der Waals surface area contributed by atoms with E-state index in [-0.39, 0.29) is 0 Å². The first-order valence-corrected chi connectivity index (χ1v) is 4.95. The van der Waals surface area contributed by atoms with Crippen LogP contribution in [-0.4, -0.2) is 19.0 Å². The second kappa shape index (κ2) is 5.31. The predicted molar refractivity (Wildman–Crippen MR) is 48.1 cm³/mol. The Balaban J connectivity index is 2.02. The molecule has 2 heteroatoms. The summed E-state index contributed by atoms with van der Waals surface area (Å²) in [5, 5.41) is 0. The quantitative estimate of drug-likeness (QED) is 0.591. The lowest BCUT2D eigenvalue weighted by Crippen LogP contribution is -2.07. The first-order valence-electron chi connectivity index (χ1n) is 4.95. The van der Waals surface area contributed by atoms with Crippen LogP contribution in [0.15, 0.2) is 0 Å². The molecule has 1 atom stereocenters. The van der Waals surface area contributed by atoms with Crippen LogP contribution in [0.25, 0.3) is 0 Å². The van der Waals surface area contributed by atoms with Gasteiger partial charge in [0, 0.05) is 25.6 Å². The summed E-state index contributed by atoms with van der Waals surface area (Å²) in [4.78, 5) is 11.2. The molecule has 0 amide bonds. The fraction of sp³-hybridized carbons (Fsp3) is 0.900. The molecule has 0 aromatic rings. The molecule has 1 aliphatic rings. The molecule has 70 valence electrons. The van der Waals surface area contributed by atoms with E-state index in [0.29, 0.717) is 11.7 Å². The monoisotopic (exact) mass is 170 g/mol. The van der Waals surface area contributed by atoms with E-state index in [4.69, 9.17) is 4.74 Å². The molecule has 0 saturated heterocycles. The van der Waals surface area contributed by atoms with Crippen molar-refractivity contribution in [2.75, 3.05) is 13.2 Å². The van der Waals surface area contributed by atoms with Gasteiger partial charge in [-0.05, 0) is 32.6 Å². The van der Waals surface area contributed by atoms with Crippen LogP contribution in [0.4, 0.5) is 0 Å². The average Bonchev–Trinajstić information content (AvgIpc) is 2.46. The van der Waals surface area contributed by atoms with Crippen molar-refractivity contribution >= 4 is 5.78 Å². The molecule has 0 bridgehead atoms. The highest BCUT2D eigenvalue weighted by Gasteiger charge is 2.23. The van der Waals surface area contributed by atoms with E-state index >= 15 is 0 Å². The largest absolute Gasteiger partial charge is 0.382 e. The highest BCUT2D eigenvalue weighted by atomic mass is 16.5. The van der Waals surface area contributed by atoms with Crippen molar-refractivity contribution < 1.29 is 9.53 Å². The third-order valence-electron chi connectivity index (χ3n) is 2.48. The number of ketones is 1. The Bertz CT molecular complexity index is 143. The Morgan fingerprint density at radius 3 is 3.00 bits per heavy atom. The molecule has 1 saturated carbocycles. The van der Waals surface area contributed by atoms with Crippen molar-refractivity contribution in [2.45, 2.75) is 39.0 Å². The second-order valence-corrected chi connectivity index (χ2v) is 3.39. The van der Waals surface area contributed by atoms with Crippen LogP contribution in [0, 0.1) is 5.92 Å². The Hall–Kier alpha value is -0.370. The minimum absolute atomic E-state index is 0.366. The van der Waals surface area contributed by atoms with E-state index in [1.165, 1.54) is 0 Å². The summed E-state index contributed by atoms with van der Waals surface area (Å²) in [5.41, 5.74) is 0. The zero-order valence-corrected chi connectivity index (χ0v) is 7.84. The van der Waals surface area contributed by atoms with Gasteiger partial charge in [0.15, 0.2) is 0 Å². The molecule has 1 unspecified atom stereocenters. The van der Waals surface area contributed by atoms with Crippen molar-refractivity contribution in [1.82, 2.24) is 0 Å². The fourth-order valence-electron chi connectivity index (χ4n) is 1.77. The zero-order valence-electron chi connectivity index (χ0n) is 7.84. The number of hydrogen-bond acceptors (Lipinski definition) is 2. The second-order valence-electron chi connectivity index (χ2n) is 3.39.